The molecule has 1 fully saturated rings. The lowest BCUT2D eigenvalue weighted by atomic mass is 10.2. The molecule has 0 atom stereocenters. The second-order valence-electron chi connectivity index (χ2n) is 6.52. The van der Waals surface area contributed by atoms with Crippen LogP contribution in [-0.2, 0) is 14.4 Å². The van der Waals surface area contributed by atoms with Crippen LogP contribution in [0.1, 0.15) is 11.1 Å². The number of carboxylic acid groups (broad SMARTS) is 1. The van der Waals surface area contributed by atoms with Gasteiger partial charge in [-0.25, -0.2) is 0 Å². The zero-order valence-electron chi connectivity index (χ0n) is 16.2. The summed E-state index contributed by atoms with van der Waals surface area (Å²) >= 11 is 3.98. The molecule has 1 N–H and O–H groups in total. The fourth-order valence-electron chi connectivity index (χ4n) is 2.66. The van der Waals surface area contributed by atoms with E-state index in [9.17, 15) is 24.3 Å². The number of carboxylic acids is 1. The van der Waals surface area contributed by atoms with Gasteiger partial charge in [0.2, 0.25) is 5.91 Å². The fourth-order valence-corrected chi connectivity index (χ4v) is 3.87. The number of nitrogens with zero attached hydrogens (tertiary/aromatic N) is 1. The Morgan fingerprint density at radius 3 is 2.58 bits per heavy atom. The van der Waals surface area contributed by atoms with Crippen molar-refractivity contribution in [1.29, 1.82) is 0 Å². The molecule has 31 heavy (non-hydrogen) atoms. The predicted octanol–water partition coefficient (Wildman–Crippen LogP) is 2.56. The molecule has 0 aromatic heterocycles. The Morgan fingerprint density at radius 1 is 1.19 bits per heavy atom. The number of anilines is 1. The van der Waals surface area contributed by atoms with Crippen molar-refractivity contribution in [3.05, 3.63) is 63.0 Å². The molecule has 1 aliphatic rings. The lowest BCUT2D eigenvalue weighted by Gasteiger charge is -2.13. The Hall–Kier alpha value is -3.11. The number of aryl methyl sites for hydroxylation is 1. The molecule has 0 spiro atoms. The number of benzene rings is 2. The number of halogens is 1. The van der Waals surface area contributed by atoms with Crippen molar-refractivity contribution >= 4 is 62.5 Å². The summed E-state index contributed by atoms with van der Waals surface area (Å²) in [7, 11) is 0. The molecule has 0 aliphatic carbocycles. The van der Waals surface area contributed by atoms with Crippen molar-refractivity contribution in [2.75, 3.05) is 18.5 Å². The first-order chi connectivity index (χ1) is 14.7. The molecule has 2 aromatic rings. The number of hydrogen-bond donors (Lipinski definition) is 1. The summed E-state index contributed by atoms with van der Waals surface area (Å²) in [4.78, 5) is 48.9. The Kier molecular flexibility index (Phi) is 7.13. The van der Waals surface area contributed by atoms with Gasteiger partial charge >= 0.3 is 0 Å². The minimum Gasteiger partial charge on any atom is -0.546 e. The van der Waals surface area contributed by atoms with Crippen LogP contribution < -0.4 is 15.2 Å². The van der Waals surface area contributed by atoms with Crippen molar-refractivity contribution < 1.29 is 29.0 Å². The summed E-state index contributed by atoms with van der Waals surface area (Å²) in [6, 6.07) is 11.9. The van der Waals surface area contributed by atoms with Crippen LogP contribution in [0.4, 0.5) is 10.5 Å². The fraction of sp³-hybridized carbons (Fsp3) is 0.143. The van der Waals surface area contributed by atoms with Gasteiger partial charge in [0.1, 0.15) is 18.9 Å². The highest BCUT2D eigenvalue weighted by Gasteiger charge is 2.36. The van der Waals surface area contributed by atoms with Crippen LogP contribution in [0.3, 0.4) is 0 Å². The summed E-state index contributed by atoms with van der Waals surface area (Å²) in [6.45, 7) is 0.823. The third kappa shape index (κ3) is 5.96. The summed E-state index contributed by atoms with van der Waals surface area (Å²) in [5.41, 5.74) is 1.98. The predicted molar refractivity (Wildman–Crippen MR) is 117 cm³/mol. The number of hydrogen-bond acceptors (Lipinski definition) is 7. The Bertz CT molecular complexity index is 1080. The average Bonchev–Trinajstić information content (AvgIpc) is 2.96. The molecule has 8 nitrogen and oxygen atoms in total. The van der Waals surface area contributed by atoms with Crippen molar-refractivity contribution in [1.82, 2.24) is 4.90 Å². The smallest absolute Gasteiger partial charge is 0.294 e. The Balaban J connectivity index is 1.74. The summed E-state index contributed by atoms with van der Waals surface area (Å²) in [6.07, 6.45) is 1.41. The molecule has 2 aromatic carbocycles. The molecule has 1 heterocycles. The summed E-state index contributed by atoms with van der Waals surface area (Å²) in [5.74, 6) is -2.32. The van der Waals surface area contributed by atoms with E-state index in [0.717, 1.165) is 10.5 Å². The standard InChI is InChI=1S/C21H17BrN2O6S/c1-12-2-5-15(6-3-12)23-18(25)10-24-20(28)17(31-21(24)29)9-13-8-14(22)4-7-16(13)30-11-19(26)27/h2-9H,10-11H2,1H3,(H,23,25)(H,26,27)/p-1/b17-9+. The van der Waals surface area contributed by atoms with Gasteiger partial charge in [-0.3, -0.25) is 19.3 Å². The van der Waals surface area contributed by atoms with Crippen molar-refractivity contribution in [3.8, 4) is 5.75 Å². The van der Waals surface area contributed by atoms with E-state index in [0.29, 0.717) is 27.5 Å². The minimum atomic E-state index is -1.39. The highest BCUT2D eigenvalue weighted by Crippen LogP contribution is 2.34. The van der Waals surface area contributed by atoms with Crippen LogP contribution in [0.5, 0.6) is 5.75 Å². The number of thioether (sulfide) groups is 1. The molecule has 0 bridgehead atoms. The van der Waals surface area contributed by atoms with E-state index in [1.54, 1.807) is 24.3 Å². The number of carbonyl (C=O) groups excluding carboxylic acids is 4. The molecule has 10 heteroatoms. The largest absolute Gasteiger partial charge is 0.546 e. The first-order valence-corrected chi connectivity index (χ1v) is 10.6. The number of rotatable bonds is 7. The lowest BCUT2D eigenvalue weighted by molar-refractivity contribution is -0.307. The first-order valence-electron chi connectivity index (χ1n) is 8.97. The minimum absolute atomic E-state index is 0.0875. The van der Waals surface area contributed by atoms with Crippen molar-refractivity contribution in [2.45, 2.75) is 6.92 Å². The van der Waals surface area contributed by atoms with Gasteiger partial charge in [0.15, 0.2) is 0 Å². The highest BCUT2D eigenvalue weighted by molar-refractivity contribution is 9.10. The number of carbonyl (C=O) groups is 4. The van der Waals surface area contributed by atoms with Crippen LogP contribution in [-0.4, -0.2) is 41.1 Å². The monoisotopic (exact) mass is 503 g/mol. The number of amides is 3. The Morgan fingerprint density at radius 2 is 1.90 bits per heavy atom. The molecule has 160 valence electrons. The lowest BCUT2D eigenvalue weighted by Crippen LogP contribution is -2.36. The van der Waals surface area contributed by atoms with Gasteiger partial charge in [0.25, 0.3) is 11.1 Å². The zero-order valence-corrected chi connectivity index (χ0v) is 18.6. The summed E-state index contributed by atoms with van der Waals surface area (Å²) < 4.78 is 5.84. The number of aliphatic carboxylic acids is 1. The molecule has 0 unspecified atom stereocenters. The SMILES string of the molecule is Cc1ccc(NC(=O)CN2C(=O)S/C(=C/c3cc(Br)ccc3OCC(=O)[O-])C2=O)cc1. The number of nitrogens with one attached hydrogen (secondary N) is 1. The van der Waals surface area contributed by atoms with E-state index in [1.165, 1.54) is 12.1 Å². The molecular formula is C21H16BrN2O6S-. The quantitative estimate of drug-likeness (QED) is 0.577. The maximum atomic E-state index is 12.7. The van der Waals surface area contributed by atoms with Crippen molar-refractivity contribution in [2.24, 2.45) is 0 Å². The van der Waals surface area contributed by atoms with Crippen LogP contribution in [0, 0.1) is 6.92 Å². The average molecular weight is 504 g/mol. The molecule has 0 radical (unpaired) electrons. The van der Waals surface area contributed by atoms with Crippen molar-refractivity contribution in [3.63, 3.8) is 0 Å². The van der Waals surface area contributed by atoms with Gasteiger partial charge in [-0.2, -0.15) is 0 Å². The molecule has 3 rings (SSSR count). The van der Waals surface area contributed by atoms with Gasteiger partial charge in [0, 0.05) is 15.7 Å². The topological polar surface area (TPSA) is 116 Å². The molecule has 0 saturated carbocycles. The summed E-state index contributed by atoms with van der Waals surface area (Å²) in [5, 5.41) is 12.7. The molecular weight excluding hydrogens is 488 g/mol. The van der Waals surface area contributed by atoms with E-state index in [2.05, 4.69) is 21.2 Å². The maximum absolute atomic E-state index is 12.7. The second kappa shape index (κ2) is 9.80. The van der Waals surface area contributed by atoms with Gasteiger partial charge < -0.3 is 20.0 Å². The number of imide groups is 1. The normalized spacial score (nSPS) is 14.8. The molecule has 1 saturated heterocycles. The first kappa shape index (κ1) is 22.6. The van der Waals surface area contributed by atoms with E-state index < -0.39 is 36.2 Å². The van der Waals surface area contributed by atoms with Gasteiger partial charge in [-0.1, -0.05) is 33.6 Å². The van der Waals surface area contributed by atoms with Gasteiger partial charge in [-0.05, 0) is 55.1 Å². The van der Waals surface area contributed by atoms with Gasteiger partial charge in [-0.15, -0.1) is 0 Å². The number of ether oxygens (including phenoxy) is 1. The molecule has 1 aliphatic heterocycles. The van der Waals surface area contributed by atoms with E-state index in [1.807, 2.05) is 19.1 Å². The van der Waals surface area contributed by atoms with E-state index in [4.69, 9.17) is 4.74 Å². The Labute approximate surface area is 190 Å². The van der Waals surface area contributed by atoms with Crippen LogP contribution in [0.15, 0.2) is 51.8 Å². The highest BCUT2D eigenvalue weighted by atomic mass is 79.9. The van der Waals surface area contributed by atoms with Crippen LogP contribution in [0.25, 0.3) is 6.08 Å². The van der Waals surface area contributed by atoms with Crippen LogP contribution in [0.2, 0.25) is 0 Å². The third-order valence-corrected chi connectivity index (χ3v) is 5.52. The van der Waals surface area contributed by atoms with Crippen LogP contribution >= 0.6 is 27.7 Å². The maximum Gasteiger partial charge on any atom is 0.294 e. The zero-order chi connectivity index (χ0) is 22.5. The third-order valence-electron chi connectivity index (χ3n) is 4.11. The second-order valence-corrected chi connectivity index (χ2v) is 8.43. The van der Waals surface area contributed by atoms with E-state index >= 15 is 0 Å². The molecule has 3 amide bonds. The van der Waals surface area contributed by atoms with Gasteiger partial charge in [0.05, 0.1) is 10.9 Å². The van der Waals surface area contributed by atoms with E-state index in [-0.39, 0.29) is 10.7 Å².